The largest absolute Gasteiger partial charge is 0.396 e. The van der Waals surface area contributed by atoms with Gasteiger partial charge in [-0.15, -0.1) is 0 Å². The van der Waals surface area contributed by atoms with Gasteiger partial charge in [0, 0.05) is 51.0 Å². The molecule has 1 aliphatic rings. The molecule has 2 heterocycles. The van der Waals surface area contributed by atoms with Crippen molar-refractivity contribution in [2.45, 2.75) is 19.8 Å². The Balaban J connectivity index is 2.04. The Morgan fingerprint density at radius 1 is 1.40 bits per heavy atom. The molecule has 0 aliphatic carbocycles. The molecule has 1 aliphatic heterocycles. The third-order valence-corrected chi connectivity index (χ3v) is 3.88. The molecule has 0 amide bonds. The topological polar surface area (TPSA) is 70.5 Å². The van der Waals surface area contributed by atoms with Crippen LogP contribution < -0.4 is 10.2 Å². The van der Waals surface area contributed by atoms with Gasteiger partial charge in [-0.3, -0.25) is 0 Å². The highest BCUT2D eigenvalue weighted by atomic mass is 16.5. The van der Waals surface area contributed by atoms with Crippen LogP contribution in [0, 0.1) is 12.3 Å². The molecule has 2 N–H and O–H groups in total. The molecule has 112 valence electrons. The summed E-state index contributed by atoms with van der Waals surface area (Å²) in [4.78, 5) is 10.8. The van der Waals surface area contributed by atoms with Crippen LogP contribution >= 0.6 is 0 Å². The minimum Gasteiger partial charge on any atom is -0.396 e. The molecule has 0 unspecified atom stereocenters. The molecule has 0 saturated carbocycles. The Kier molecular flexibility index (Phi) is 4.77. The van der Waals surface area contributed by atoms with E-state index in [0.29, 0.717) is 25.7 Å². The van der Waals surface area contributed by atoms with Crippen LogP contribution in [0.4, 0.5) is 11.8 Å². The first-order valence-electron chi connectivity index (χ1n) is 7.00. The van der Waals surface area contributed by atoms with E-state index in [1.54, 1.807) is 0 Å². The summed E-state index contributed by atoms with van der Waals surface area (Å²) in [5, 5.41) is 12.9. The van der Waals surface area contributed by atoms with E-state index < -0.39 is 0 Å². The van der Waals surface area contributed by atoms with Crippen molar-refractivity contribution >= 4 is 11.8 Å². The number of aromatic nitrogens is 2. The van der Waals surface area contributed by atoms with Crippen LogP contribution in [0.1, 0.15) is 18.4 Å². The molecule has 6 heteroatoms. The number of hydrogen-bond donors (Lipinski definition) is 2. The minimum absolute atomic E-state index is 0.120. The fourth-order valence-electron chi connectivity index (χ4n) is 2.43. The lowest BCUT2D eigenvalue weighted by Crippen LogP contribution is -2.39. The van der Waals surface area contributed by atoms with Crippen LogP contribution in [0.3, 0.4) is 0 Å². The van der Waals surface area contributed by atoms with Gasteiger partial charge in [0.25, 0.3) is 0 Å². The molecule has 0 spiro atoms. The molecule has 1 saturated heterocycles. The second-order valence-electron chi connectivity index (χ2n) is 5.72. The number of aliphatic hydroxyl groups excluding tert-OH is 1. The van der Waals surface area contributed by atoms with Crippen molar-refractivity contribution in [2.24, 2.45) is 5.41 Å². The standard InChI is InChI=1S/C14H24N4O2/c1-11-8-15-13(17-12(11)18(2)3)16-9-14(10-19)4-6-20-7-5-14/h8,19H,4-7,9-10H2,1-3H3,(H,15,16,17). The summed E-state index contributed by atoms with van der Waals surface area (Å²) in [5.74, 6) is 1.52. The van der Waals surface area contributed by atoms with Crippen LogP contribution in [0.2, 0.25) is 0 Å². The maximum absolute atomic E-state index is 9.66. The van der Waals surface area contributed by atoms with Crippen molar-refractivity contribution in [3.8, 4) is 0 Å². The predicted molar refractivity (Wildman–Crippen MR) is 79.2 cm³/mol. The average molecular weight is 280 g/mol. The number of rotatable bonds is 5. The number of anilines is 2. The smallest absolute Gasteiger partial charge is 0.224 e. The van der Waals surface area contributed by atoms with E-state index in [4.69, 9.17) is 4.74 Å². The number of ether oxygens (including phenoxy) is 1. The summed E-state index contributed by atoms with van der Waals surface area (Å²) in [5.41, 5.74) is 0.925. The molecule has 1 aromatic heterocycles. The monoisotopic (exact) mass is 280 g/mol. The fourth-order valence-corrected chi connectivity index (χ4v) is 2.43. The van der Waals surface area contributed by atoms with E-state index in [2.05, 4.69) is 15.3 Å². The Hall–Kier alpha value is -1.40. The van der Waals surface area contributed by atoms with E-state index in [9.17, 15) is 5.11 Å². The van der Waals surface area contributed by atoms with Crippen molar-refractivity contribution in [3.05, 3.63) is 11.8 Å². The minimum atomic E-state index is -0.120. The van der Waals surface area contributed by atoms with Gasteiger partial charge in [-0.05, 0) is 19.8 Å². The van der Waals surface area contributed by atoms with Gasteiger partial charge in [-0.25, -0.2) is 4.98 Å². The normalized spacial score (nSPS) is 17.8. The SMILES string of the molecule is Cc1cnc(NCC2(CO)CCOCC2)nc1N(C)C. The van der Waals surface area contributed by atoms with Crippen LogP contribution in [-0.4, -0.2) is 55.5 Å². The number of aryl methyl sites for hydroxylation is 1. The van der Waals surface area contributed by atoms with Crippen LogP contribution in [0.15, 0.2) is 6.20 Å². The zero-order chi connectivity index (χ0) is 14.6. The molecule has 20 heavy (non-hydrogen) atoms. The lowest BCUT2D eigenvalue weighted by atomic mass is 9.81. The maximum Gasteiger partial charge on any atom is 0.224 e. The van der Waals surface area contributed by atoms with Crippen molar-refractivity contribution in [1.82, 2.24) is 9.97 Å². The molecule has 6 nitrogen and oxygen atoms in total. The van der Waals surface area contributed by atoms with E-state index in [0.717, 1.165) is 24.2 Å². The first-order valence-corrected chi connectivity index (χ1v) is 7.00. The van der Waals surface area contributed by atoms with Gasteiger partial charge in [0.15, 0.2) is 0 Å². The molecule has 0 atom stereocenters. The second kappa shape index (κ2) is 6.37. The summed E-state index contributed by atoms with van der Waals surface area (Å²) >= 11 is 0. The van der Waals surface area contributed by atoms with Gasteiger partial charge in [-0.2, -0.15) is 4.98 Å². The van der Waals surface area contributed by atoms with E-state index >= 15 is 0 Å². The number of aliphatic hydroxyl groups is 1. The van der Waals surface area contributed by atoms with Crippen molar-refractivity contribution < 1.29 is 9.84 Å². The summed E-state index contributed by atoms with van der Waals surface area (Å²) in [6.07, 6.45) is 3.55. The Bertz CT molecular complexity index is 445. The first-order chi connectivity index (χ1) is 9.56. The summed E-state index contributed by atoms with van der Waals surface area (Å²) < 4.78 is 5.37. The van der Waals surface area contributed by atoms with E-state index in [1.807, 2.05) is 32.1 Å². The first kappa shape index (κ1) is 15.0. The van der Waals surface area contributed by atoms with E-state index in [1.165, 1.54) is 0 Å². The number of nitrogens with zero attached hydrogens (tertiary/aromatic N) is 3. The third kappa shape index (κ3) is 3.37. The molecular formula is C14H24N4O2. The Morgan fingerprint density at radius 2 is 2.10 bits per heavy atom. The van der Waals surface area contributed by atoms with Crippen molar-refractivity contribution in [1.29, 1.82) is 0 Å². The highest BCUT2D eigenvalue weighted by Gasteiger charge is 2.32. The summed E-state index contributed by atoms with van der Waals surface area (Å²) in [7, 11) is 3.93. The van der Waals surface area contributed by atoms with Crippen LogP contribution in [0.25, 0.3) is 0 Å². The molecule has 0 aromatic carbocycles. The average Bonchev–Trinajstić information content (AvgIpc) is 2.47. The highest BCUT2D eigenvalue weighted by Crippen LogP contribution is 2.30. The number of hydrogen-bond acceptors (Lipinski definition) is 6. The van der Waals surface area contributed by atoms with Gasteiger partial charge >= 0.3 is 0 Å². The third-order valence-electron chi connectivity index (χ3n) is 3.88. The zero-order valence-electron chi connectivity index (χ0n) is 12.5. The summed E-state index contributed by atoms with van der Waals surface area (Å²) in [6, 6.07) is 0. The lowest BCUT2D eigenvalue weighted by Gasteiger charge is -2.35. The zero-order valence-corrected chi connectivity index (χ0v) is 12.5. The molecule has 0 radical (unpaired) electrons. The molecule has 0 bridgehead atoms. The summed E-state index contributed by atoms with van der Waals surface area (Å²) in [6.45, 7) is 4.24. The van der Waals surface area contributed by atoms with Gasteiger partial charge in [-0.1, -0.05) is 0 Å². The maximum atomic E-state index is 9.66. The molecule has 2 rings (SSSR count). The molecule has 1 fully saturated rings. The van der Waals surface area contributed by atoms with Crippen LogP contribution in [0.5, 0.6) is 0 Å². The van der Waals surface area contributed by atoms with Gasteiger partial charge in [0.2, 0.25) is 5.95 Å². The van der Waals surface area contributed by atoms with Crippen molar-refractivity contribution in [2.75, 3.05) is 50.7 Å². The van der Waals surface area contributed by atoms with Gasteiger partial charge < -0.3 is 20.1 Å². The van der Waals surface area contributed by atoms with E-state index in [-0.39, 0.29) is 12.0 Å². The lowest BCUT2D eigenvalue weighted by molar-refractivity contribution is -0.00865. The highest BCUT2D eigenvalue weighted by molar-refractivity contribution is 5.47. The van der Waals surface area contributed by atoms with Gasteiger partial charge in [0.05, 0.1) is 6.61 Å². The number of nitrogens with one attached hydrogen (secondary N) is 1. The van der Waals surface area contributed by atoms with Crippen molar-refractivity contribution in [3.63, 3.8) is 0 Å². The van der Waals surface area contributed by atoms with Gasteiger partial charge in [0.1, 0.15) is 5.82 Å². The Labute approximate surface area is 120 Å². The van der Waals surface area contributed by atoms with Crippen LogP contribution in [-0.2, 0) is 4.74 Å². The molecule has 1 aromatic rings. The fraction of sp³-hybridized carbons (Fsp3) is 0.714. The quantitative estimate of drug-likeness (QED) is 0.840. The Morgan fingerprint density at radius 3 is 2.70 bits per heavy atom. The second-order valence-corrected chi connectivity index (χ2v) is 5.72. The molecular weight excluding hydrogens is 256 g/mol. The predicted octanol–water partition coefficient (Wildman–Crippen LogP) is 1.05.